The van der Waals surface area contributed by atoms with Crippen molar-refractivity contribution in [3.8, 4) is 0 Å². The summed E-state index contributed by atoms with van der Waals surface area (Å²) in [5, 5.41) is 0. The van der Waals surface area contributed by atoms with Crippen molar-refractivity contribution in [2.24, 2.45) is 7.05 Å². The molecule has 1 saturated carbocycles. The molecule has 1 aliphatic carbocycles. The van der Waals surface area contributed by atoms with Gasteiger partial charge in [0.15, 0.2) is 0 Å². The Morgan fingerprint density at radius 2 is 2.25 bits per heavy atom. The number of hydrogen-bond donors (Lipinski definition) is 0. The first-order valence-electron chi connectivity index (χ1n) is 6.54. The van der Waals surface area contributed by atoms with Crippen LogP contribution >= 0.6 is 15.9 Å². The quantitative estimate of drug-likeness (QED) is 0.862. The summed E-state index contributed by atoms with van der Waals surface area (Å²) in [6.07, 6.45) is 7.42. The highest BCUT2D eigenvalue weighted by Crippen LogP contribution is 2.29. The number of amides is 1. The van der Waals surface area contributed by atoms with Crippen LogP contribution in [-0.2, 0) is 13.6 Å². The number of pyridine rings is 1. The van der Waals surface area contributed by atoms with Crippen molar-refractivity contribution in [1.29, 1.82) is 0 Å². The minimum absolute atomic E-state index is 0.0250. The lowest BCUT2D eigenvalue weighted by Crippen LogP contribution is -2.34. The van der Waals surface area contributed by atoms with Crippen LogP contribution in [0.5, 0.6) is 0 Å². The summed E-state index contributed by atoms with van der Waals surface area (Å²) >= 11 is 3.33. The van der Waals surface area contributed by atoms with E-state index in [4.69, 9.17) is 0 Å². The first-order chi connectivity index (χ1) is 9.65. The molecule has 0 spiro atoms. The predicted molar refractivity (Wildman–Crippen MR) is 78.0 cm³/mol. The Morgan fingerprint density at radius 3 is 2.80 bits per heavy atom. The van der Waals surface area contributed by atoms with Crippen LogP contribution in [0.1, 0.15) is 29.2 Å². The van der Waals surface area contributed by atoms with Gasteiger partial charge in [0.25, 0.3) is 5.91 Å². The van der Waals surface area contributed by atoms with E-state index in [9.17, 15) is 4.79 Å². The van der Waals surface area contributed by atoms with Gasteiger partial charge in [-0.3, -0.25) is 4.79 Å². The molecule has 0 unspecified atom stereocenters. The standard InChI is InChI=1S/C14H15BrN4O/c1-18-7-6-16-13(18)9-19(11-3-4-11)14(20)12-5-2-10(15)8-17-12/h2,5-8,11H,3-4,9H2,1H3. The Kier molecular flexibility index (Phi) is 3.56. The number of aryl methyl sites for hydroxylation is 1. The van der Waals surface area contributed by atoms with Gasteiger partial charge in [-0.05, 0) is 40.9 Å². The smallest absolute Gasteiger partial charge is 0.273 e. The number of halogens is 1. The lowest BCUT2D eigenvalue weighted by molar-refractivity contribution is 0.0718. The third-order valence-corrected chi connectivity index (χ3v) is 3.90. The zero-order valence-corrected chi connectivity index (χ0v) is 12.7. The van der Waals surface area contributed by atoms with Crippen LogP contribution in [0.15, 0.2) is 35.2 Å². The van der Waals surface area contributed by atoms with Gasteiger partial charge in [-0.15, -0.1) is 0 Å². The van der Waals surface area contributed by atoms with Gasteiger partial charge in [0.05, 0.1) is 6.54 Å². The van der Waals surface area contributed by atoms with Crippen molar-refractivity contribution in [3.05, 3.63) is 46.7 Å². The molecule has 2 aromatic rings. The molecule has 3 rings (SSSR count). The molecule has 1 amide bonds. The molecule has 6 heteroatoms. The van der Waals surface area contributed by atoms with Crippen molar-refractivity contribution < 1.29 is 4.79 Å². The van der Waals surface area contributed by atoms with E-state index in [1.807, 2.05) is 28.8 Å². The monoisotopic (exact) mass is 334 g/mol. The van der Waals surface area contributed by atoms with Gasteiger partial charge in [-0.1, -0.05) is 0 Å². The van der Waals surface area contributed by atoms with E-state index in [0.29, 0.717) is 18.3 Å². The SMILES string of the molecule is Cn1ccnc1CN(C(=O)c1ccc(Br)cn1)C1CC1. The van der Waals surface area contributed by atoms with E-state index in [-0.39, 0.29) is 5.91 Å². The van der Waals surface area contributed by atoms with Crippen LogP contribution in [0.25, 0.3) is 0 Å². The number of nitrogens with zero attached hydrogens (tertiary/aromatic N) is 4. The number of carbonyl (C=O) groups excluding carboxylic acids is 1. The number of carbonyl (C=O) groups is 1. The highest BCUT2D eigenvalue weighted by Gasteiger charge is 2.34. The molecule has 5 nitrogen and oxygen atoms in total. The van der Waals surface area contributed by atoms with Crippen LogP contribution in [0, 0.1) is 0 Å². The summed E-state index contributed by atoms with van der Waals surface area (Å²) in [4.78, 5) is 23.0. The molecule has 0 N–H and O–H groups in total. The van der Waals surface area contributed by atoms with Gasteiger partial charge in [0.2, 0.25) is 0 Å². The third kappa shape index (κ3) is 2.75. The molecule has 2 aromatic heterocycles. The lowest BCUT2D eigenvalue weighted by atomic mass is 10.3. The average molecular weight is 335 g/mol. The van der Waals surface area contributed by atoms with Crippen molar-refractivity contribution in [2.45, 2.75) is 25.4 Å². The number of aromatic nitrogens is 3. The fourth-order valence-electron chi connectivity index (χ4n) is 2.10. The first kappa shape index (κ1) is 13.3. The molecular formula is C14H15BrN4O. The predicted octanol–water partition coefficient (Wildman–Crippen LogP) is 2.38. The van der Waals surface area contributed by atoms with E-state index in [2.05, 4.69) is 25.9 Å². The molecule has 2 heterocycles. The minimum atomic E-state index is -0.0250. The normalized spacial score (nSPS) is 14.3. The molecule has 0 aliphatic heterocycles. The van der Waals surface area contributed by atoms with Crippen molar-refractivity contribution in [2.75, 3.05) is 0 Å². The van der Waals surface area contributed by atoms with E-state index >= 15 is 0 Å². The van der Waals surface area contributed by atoms with Crippen molar-refractivity contribution in [3.63, 3.8) is 0 Å². The minimum Gasteiger partial charge on any atom is -0.337 e. The molecule has 0 aromatic carbocycles. The van der Waals surface area contributed by atoms with E-state index in [1.54, 1.807) is 18.5 Å². The maximum absolute atomic E-state index is 12.6. The fourth-order valence-corrected chi connectivity index (χ4v) is 2.34. The first-order valence-corrected chi connectivity index (χ1v) is 7.33. The fraction of sp³-hybridized carbons (Fsp3) is 0.357. The average Bonchev–Trinajstić information content (AvgIpc) is 3.20. The molecule has 20 heavy (non-hydrogen) atoms. The summed E-state index contributed by atoms with van der Waals surface area (Å²) in [6.45, 7) is 0.532. The number of hydrogen-bond acceptors (Lipinski definition) is 3. The second kappa shape index (κ2) is 5.36. The Bertz CT molecular complexity index is 618. The summed E-state index contributed by atoms with van der Waals surface area (Å²) in [5.41, 5.74) is 0.481. The van der Waals surface area contributed by atoms with Gasteiger partial charge < -0.3 is 9.47 Å². The summed E-state index contributed by atoms with van der Waals surface area (Å²) in [6, 6.07) is 3.91. The number of imidazole rings is 1. The molecule has 0 radical (unpaired) electrons. The molecule has 1 fully saturated rings. The summed E-state index contributed by atoms with van der Waals surface area (Å²) < 4.78 is 2.81. The summed E-state index contributed by atoms with van der Waals surface area (Å²) in [5.74, 6) is 0.866. The maximum Gasteiger partial charge on any atom is 0.273 e. The summed E-state index contributed by atoms with van der Waals surface area (Å²) in [7, 11) is 1.94. The second-order valence-corrected chi connectivity index (χ2v) is 5.90. The molecular weight excluding hydrogens is 320 g/mol. The Balaban J connectivity index is 1.82. The Labute approximate surface area is 125 Å². The molecule has 1 aliphatic rings. The molecule has 0 saturated heterocycles. The highest BCUT2D eigenvalue weighted by molar-refractivity contribution is 9.10. The maximum atomic E-state index is 12.6. The van der Waals surface area contributed by atoms with Gasteiger partial charge in [-0.2, -0.15) is 0 Å². The van der Waals surface area contributed by atoms with Gasteiger partial charge in [-0.25, -0.2) is 9.97 Å². The van der Waals surface area contributed by atoms with Crippen LogP contribution in [0.4, 0.5) is 0 Å². The van der Waals surface area contributed by atoms with Crippen molar-refractivity contribution in [1.82, 2.24) is 19.4 Å². The molecule has 0 bridgehead atoms. The van der Waals surface area contributed by atoms with Gasteiger partial charge in [0, 0.05) is 36.2 Å². The zero-order valence-electron chi connectivity index (χ0n) is 11.2. The lowest BCUT2D eigenvalue weighted by Gasteiger charge is -2.21. The Hall–Kier alpha value is -1.69. The third-order valence-electron chi connectivity index (χ3n) is 3.43. The van der Waals surface area contributed by atoms with E-state index in [0.717, 1.165) is 23.1 Å². The van der Waals surface area contributed by atoms with Crippen molar-refractivity contribution >= 4 is 21.8 Å². The van der Waals surface area contributed by atoms with E-state index in [1.165, 1.54) is 0 Å². The van der Waals surface area contributed by atoms with Crippen LogP contribution in [0.2, 0.25) is 0 Å². The largest absolute Gasteiger partial charge is 0.337 e. The van der Waals surface area contributed by atoms with Crippen LogP contribution in [-0.4, -0.2) is 31.4 Å². The Morgan fingerprint density at radius 1 is 1.45 bits per heavy atom. The van der Waals surface area contributed by atoms with Crippen LogP contribution < -0.4 is 0 Å². The van der Waals surface area contributed by atoms with Gasteiger partial charge >= 0.3 is 0 Å². The molecule has 0 atom stereocenters. The number of rotatable bonds is 4. The van der Waals surface area contributed by atoms with Gasteiger partial charge in [0.1, 0.15) is 11.5 Å². The topological polar surface area (TPSA) is 51.0 Å². The second-order valence-electron chi connectivity index (χ2n) is 4.98. The van der Waals surface area contributed by atoms with E-state index < -0.39 is 0 Å². The zero-order chi connectivity index (χ0) is 14.1. The molecule has 104 valence electrons. The van der Waals surface area contributed by atoms with Crippen LogP contribution in [0.3, 0.4) is 0 Å². The highest BCUT2D eigenvalue weighted by atomic mass is 79.9.